The smallest absolute Gasteiger partial charge is 0.169 e. The van der Waals surface area contributed by atoms with Gasteiger partial charge in [0.25, 0.3) is 0 Å². The zero-order valence-corrected chi connectivity index (χ0v) is 10.8. The summed E-state index contributed by atoms with van der Waals surface area (Å²) in [5, 5.41) is 0. The summed E-state index contributed by atoms with van der Waals surface area (Å²) in [4.78, 5) is 14.5. The Morgan fingerprint density at radius 2 is 1.95 bits per heavy atom. The first-order valence-corrected chi connectivity index (χ1v) is 6.41. The van der Waals surface area contributed by atoms with Crippen molar-refractivity contribution in [3.8, 4) is 0 Å². The minimum Gasteiger partial charge on any atom is -0.353 e. The highest BCUT2D eigenvalue weighted by Crippen LogP contribution is 2.26. The standard InChI is InChI=1S/C13H16FN5/c1-8-4-9(15)7-19(6-8)13-12-11(10(14)5-18-13)16-2-3-17-12/h2-3,5,8-9H,4,6-7,15H2,1H3/t8-,9+/m0/s1. The van der Waals surface area contributed by atoms with Gasteiger partial charge in [-0.3, -0.25) is 0 Å². The lowest BCUT2D eigenvalue weighted by Crippen LogP contribution is -2.46. The van der Waals surface area contributed by atoms with Gasteiger partial charge < -0.3 is 10.6 Å². The Bertz CT molecular complexity index is 593. The minimum absolute atomic E-state index is 0.113. The average molecular weight is 261 g/mol. The molecule has 1 fully saturated rings. The molecule has 0 saturated carbocycles. The van der Waals surface area contributed by atoms with Crippen LogP contribution >= 0.6 is 0 Å². The molecule has 100 valence electrons. The Balaban J connectivity index is 2.07. The second-order valence-electron chi connectivity index (χ2n) is 5.19. The number of pyridine rings is 1. The second kappa shape index (κ2) is 4.70. The van der Waals surface area contributed by atoms with Gasteiger partial charge in [0.15, 0.2) is 11.6 Å². The third kappa shape index (κ3) is 2.23. The molecule has 0 bridgehead atoms. The van der Waals surface area contributed by atoms with E-state index in [4.69, 9.17) is 5.73 Å². The highest BCUT2D eigenvalue weighted by atomic mass is 19.1. The number of rotatable bonds is 1. The molecule has 0 aromatic carbocycles. The van der Waals surface area contributed by atoms with Crippen LogP contribution in [0.4, 0.5) is 10.2 Å². The van der Waals surface area contributed by atoms with Crippen molar-refractivity contribution >= 4 is 16.9 Å². The van der Waals surface area contributed by atoms with Crippen LogP contribution in [0.2, 0.25) is 0 Å². The maximum atomic E-state index is 13.7. The van der Waals surface area contributed by atoms with Crippen molar-refractivity contribution in [3.63, 3.8) is 0 Å². The van der Waals surface area contributed by atoms with Crippen LogP contribution in [0.1, 0.15) is 13.3 Å². The number of halogens is 1. The van der Waals surface area contributed by atoms with Crippen molar-refractivity contribution in [3.05, 3.63) is 24.4 Å². The lowest BCUT2D eigenvalue weighted by molar-refractivity contribution is 0.400. The molecule has 0 aliphatic carbocycles. The number of anilines is 1. The van der Waals surface area contributed by atoms with Gasteiger partial charge in [0, 0.05) is 31.5 Å². The molecule has 1 saturated heterocycles. The highest BCUT2D eigenvalue weighted by molar-refractivity contribution is 5.85. The molecular weight excluding hydrogens is 245 g/mol. The number of nitrogens with two attached hydrogens (primary N) is 1. The van der Waals surface area contributed by atoms with Crippen molar-refractivity contribution in [2.24, 2.45) is 11.7 Å². The van der Waals surface area contributed by atoms with Crippen molar-refractivity contribution in [2.45, 2.75) is 19.4 Å². The molecule has 0 amide bonds. The van der Waals surface area contributed by atoms with E-state index in [2.05, 4.69) is 26.8 Å². The molecule has 0 radical (unpaired) electrons. The highest BCUT2D eigenvalue weighted by Gasteiger charge is 2.25. The number of piperidine rings is 1. The van der Waals surface area contributed by atoms with E-state index in [1.807, 2.05) is 0 Å². The Labute approximate surface area is 110 Å². The third-order valence-electron chi connectivity index (χ3n) is 3.43. The van der Waals surface area contributed by atoms with Crippen LogP contribution in [-0.2, 0) is 0 Å². The SMILES string of the molecule is C[C@H]1C[C@@H](N)CN(c2ncc(F)c3nccnc23)C1. The van der Waals surface area contributed by atoms with E-state index in [-0.39, 0.29) is 11.6 Å². The number of aromatic nitrogens is 3. The van der Waals surface area contributed by atoms with Crippen LogP contribution in [0.3, 0.4) is 0 Å². The Morgan fingerprint density at radius 3 is 2.68 bits per heavy atom. The van der Waals surface area contributed by atoms with Crippen molar-refractivity contribution in [1.82, 2.24) is 15.0 Å². The predicted molar refractivity (Wildman–Crippen MR) is 71.3 cm³/mol. The van der Waals surface area contributed by atoms with Gasteiger partial charge in [-0.2, -0.15) is 0 Å². The Morgan fingerprint density at radius 1 is 1.21 bits per heavy atom. The summed E-state index contributed by atoms with van der Waals surface area (Å²) in [7, 11) is 0. The van der Waals surface area contributed by atoms with Crippen LogP contribution in [0, 0.1) is 11.7 Å². The predicted octanol–water partition coefficient (Wildman–Crippen LogP) is 1.34. The van der Waals surface area contributed by atoms with E-state index in [9.17, 15) is 4.39 Å². The van der Waals surface area contributed by atoms with Gasteiger partial charge in [-0.1, -0.05) is 6.92 Å². The molecule has 5 nitrogen and oxygen atoms in total. The van der Waals surface area contributed by atoms with Gasteiger partial charge >= 0.3 is 0 Å². The molecule has 1 aliphatic rings. The summed E-state index contributed by atoms with van der Waals surface area (Å²) in [5.74, 6) is 0.718. The molecule has 6 heteroatoms. The topological polar surface area (TPSA) is 67.9 Å². The van der Waals surface area contributed by atoms with Crippen molar-refractivity contribution < 1.29 is 4.39 Å². The van der Waals surface area contributed by atoms with E-state index in [0.29, 0.717) is 23.8 Å². The summed E-state index contributed by atoms with van der Waals surface area (Å²) in [6.45, 7) is 3.73. The maximum Gasteiger partial charge on any atom is 0.169 e. The molecule has 0 spiro atoms. The summed E-state index contributed by atoms with van der Waals surface area (Å²) >= 11 is 0. The van der Waals surface area contributed by atoms with E-state index < -0.39 is 5.82 Å². The fraction of sp³-hybridized carbons (Fsp3) is 0.462. The number of nitrogens with zero attached hydrogens (tertiary/aromatic N) is 4. The lowest BCUT2D eigenvalue weighted by atomic mass is 9.96. The van der Waals surface area contributed by atoms with Crippen molar-refractivity contribution in [2.75, 3.05) is 18.0 Å². The van der Waals surface area contributed by atoms with Gasteiger partial charge in [0.1, 0.15) is 11.0 Å². The van der Waals surface area contributed by atoms with Crippen molar-refractivity contribution in [1.29, 1.82) is 0 Å². The molecular formula is C13H16FN5. The second-order valence-corrected chi connectivity index (χ2v) is 5.19. The molecule has 1 aliphatic heterocycles. The van der Waals surface area contributed by atoms with Gasteiger partial charge in [-0.15, -0.1) is 0 Å². The van der Waals surface area contributed by atoms with Gasteiger partial charge in [-0.05, 0) is 12.3 Å². The maximum absolute atomic E-state index is 13.7. The third-order valence-corrected chi connectivity index (χ3v) is 3.43. The summed E-state index contributed by atoms with van der Waals surface area (Å²) in [6.07, 6.45) is 5.25. The van der Waals surface area contributed by atoms with Gasteiger partial charge in [-0.25, -0.2) is 19.3 Å². The van der Waals surface area contributed by atoms with Gasteiger partial charge in [0.05, 0.1) is 6.20 Å². The zero-order chi connectivity index (χ0) is 13.4. The fourth-order valence-corrected chi connectivity index (χ4v) is 2.72. The largest absolute Gasteiger partial charge is 0.353 e. The Kier molecular flexibility index (Phi) is 3.02. The molecule has 19 heavy (non-hydrogen) atoms. The summed E-state index contributed by atoms with van der Waals surface area (Å²) < 4.78 is 13.7. The molecule has 0 unspecified atom stereocenters. The monoisotopic (exact) mass is 261 g/mol. The summed E-state index contributed by atoms with van der Waals surface area (Å²) in [6, 6.07) is 0.113. The van der Waals surface area contributed by atoms with Crippen LogP contribution in [-0.4, -0.2) is 34.1 Å². The summed E-state index contributed by atoms with van der Waals surface area (Å²) in [5.41, 5.74) is 6.81. The Hall–Kier alpha value is -1.82. The van der Waals surface area contributed by atoms with Gasteiger partial charge in [0.2, 0.25) is 0 Å². The zero-order valence-electron chi connectivity index (χ0n) is 10.8. The average Bonchev–Trinajstić information content (AvgIpc) is 2.38. The van der Waals surface area contributed by atoms with E-state index in [1.165, 1.54) is 12.4 Å². The lowest BCUT2D eigenvalue weighted by Gasteiger charge is -2.35. The molecule has 3 heterocycles. The first kappa shape index (κ1) is 12.2. The normalized spacial score (nSPS) is 23.8. The molecule has 3 rings (SSSR count). The first-order chi connectivity index (χ1) is 9.15. The first-order valence-electron chi connectivity index (χ1n) is 6.41. The number of fused-ring (bicyclic) bond motifs is 1. The fourth-order valence-electron chi connectivity index (χ4n) is 2.72. The van der Waals surface area contributed by atoms with E-state index >= 15 is 0 Å². The minimum atomic E-state index is -0.443. The number of hydrogen-bond acceptors (Lipinski definition) is 5. The molecule has 2 aromatic rings. The van der Waals surface area contributed by atoms with E-state index in [1.54, 1.807) is 6.20 Å². The van der Waals surface area contributed by atoms with Crippen LogP contribution < -0.4 is 10.6 Å². The molecule has 2 N–H and O–H groups in total. The van der Waals surface area contributed by atoms with Crippen LogP contribution in [0.25, 0.3) is 11.0 Å². The van der Waals surface area contributed by atoms with Crippen LogP contribution in [0.15, 0.2) is 18.6 Å². The van der Waals surface area contributed by atoms with Crippen LogP contribution in [0.5, 0.6) is 0 Å². The molecule has 2 atom stereocenters. The van der Waals surface area contributed by atoms with E-state index in [0.717, 1.165) is 13.0 Å². The number of hydrogen-bond donors (Lipinski definition) is 1. The molecule has 2 aromatic heterocycles. The quantitative estimate of drug-likeness (QED) is 0.839.